The maximum atomic E-state index is 13.0. The van der Waals surface area contributed by atoms with Gasteiger partial charge in [-0.25, -0.2) is 13.1 Å². The largest absolute Gasteiger partial charge is 0.371 e. The lowest BCUT2D eigenvalue weighted by molar-refractivity contribution is 0.190. The summed E-state index contributed by atoms with van der Waals surface area (Å²) in [5.41, 5.74) is 3.41. The van der Waals surface area contributed by atoms with Crippen molar-refractivity contribution in [3.05, 3.63) is 78.1 Å². The first kappa shape index (κ1) is 24.6. The number of benzene rings is 2. The van der Waals surface area contributed by atoms with Gasteiger partial charge in [-0.2, -0.15) is 0 Å². The molecule has 1 N–H and O–H groups in total. The minimum absolute atomic E-state index is 0.268. The minimum Gasteiger partial charge on any atom is -0.371 e. The number of piperidine rings is 1. The van der Waals surface area contributed by atoms with Crippen molar-refractivity contribution < 1.29 is 8.42 Å². The van der Waals surface area contributed by atoms with Gasteiger partial charge in [-0.3, -0.25) is 4.99 Å². The molecule has 0 aliphatic carbocycles. The Morgan fingerprint density at radius 1 is 1.03 bits per heavy atom. The van der Waals surface area contributed by atoms with Crippen LogP contribution in [0.25, 0.3) is 0 Å². The maximum absolute atomic E-state index is 13.0. The van der Waals surface area contributed by atoms with Crippen LogP contribution in [0.4, 0.5) is 0 Å². The molecule has 0 bridgehead atoms. The molecule has 1 atom stereocenters. The quantitative estimate of drug-likeness (QED) is 0.576. The lowest BCUT2D eigenvalue weighted by Gasteiger charge is -2.35. The average Bonchev–Trinajstić information content (AvgIpc) is 2.87. The van der Waals surface area contributed by atoms with E-state index in [2.05, 4.69) is 34.6 Å². The molecule has 1 fully saturated rings. The summed E-state index contributed by atoms with van der Waals surface area (Å²) in [7, 11) is -3.59. The van der Waals surface area contributed by atoms with Gasteiger partial charge >= 0.3 is 0 Å². The summed E-state index contributed by atoms with van der Waals surface area (Å²) in [6.45, 7) is 9.11. The zero-order valence-electron chi connectivity index (χ0n) is 20.2. The molecule has 0 radical (unpaired) electrons. The van der Waals surface area contributed by atoms with Crippen LogP contribution in [0.3, 0.4) is 0 Å². The molecule has 0 spiro atoms. The van der Waals surface area contributed by atoms with Gasteiger partial charge in [0, 0.05) is 30.4 Å². The van der Waals surface area contributed by atoms with Crippen LogP contribution >= 0.6 is 0 Å². The lowest BCUT2D eigenvalue weighted by atomic mass is 9.92. The van der Waals surface area contributed by atoms with Gasteiger partial charge in [0.2, 0.25) is 10.0 Å². The number of sulfonamides is 1. The van der Waals surface area contributed by atoms with Crippen molar-refractivity contribution >= 4 is 15.7 Å². The summed E-state index contributed by atoms with van der Waals surface area (Å²) in [5.74, 6) is 0.502. The van der Waals surface area contributed by atoms with Crippen LogP contribution in [0.2, 0.25) is 0 Å². The van der Waals surface area contributed by atoms with Gasteiger partial charge in [0.05, 0.1) is 17.1 Å². The van der Waals surface area contributed by atoms with Crippen molar-refractivity contribution in [2.24, 2.45) is 10.9 Å². The molecule has 2 aliphatic heterocycles. The molecule has 2 heterocycles. The topological polar surface area (TPSA) is 65.0 Å². The normalized spacial score (nSPS) is 18.9. The third kappa shape index (κ3) is 6.34. The molecule has 1 saturated heterocycles. The van der Waals surface area contributed by atoms with E-state index in [0.29, 0.717) is 10.8 Å². The monoisotopic (exact) mass is 480 g/mol. The highest BCUT2D eigenvalue weighted by Gasteiger charge is 2.26. The molecule has 2 aromatic carbocycles. The number of hydrogen-bond donors (Lipinski definition) is 1. The zero-order chi connectivity index (χ0) is 24.0. The fraction of sp³-hybridized carbons (Fsp3) is 0.444. The van der Waals surface area contributed by atoms with Crippen molar-refractivity contribution in [2.45, 2.75) is 44.0 Å². The van der Waals surface area contributed by atoms with E-state index in [1.54, 1.807) is 24.3 Å². The van der Waals surface area contributed by atoms with Crippen LogP contribution in [0.1, 0.15) is 44.7 Å². The second kappa shape index (κ2) is 11.3. The molecule has 0 aromatic heterocycles. The molecule has 34 heavy (non-hydrogen) atoms. The van der Waals surface area contributed by atoms with Gasteiger partial charge in [0.25, 0.3) is 0 Å². The number of likely N-dealkylation sites (tertiary alicyclic amines) is 1. The highest BCUT2D eigenvalue weighted by molar-refractivity contribution is 7.89. The molecule has 4 rings (SSSR count). The summed E-state index contributed by atoms with van der Waals surface area (Å²) in [6, 6.07) is 18.2. The fourth-order valence-corrected chi connectivity index (χ4v) is 6.09. The first-order valence-corrected chi connectivity index (χ1v) is 13.8. The molecular weight excluding hydrogens is 444 g/mol. The number of rotatable bonds is 9. The second-order valence-electron chi connectivity index (χ2n) is 9.27. The van der Waals surface area contributed by atoms with E-state index in [-0.39, 0.29) is 6.04 Å². The molecule has 6 nitrogen and oxygen atoms in total. The Balaban J connectivity index is 1.38. The molecular formula is C27H36N4O2S. The molecule has 0 saturated carbocycles. The van der Waals surface area contributed by atoms with Crippen LogP contribution in [0, 0.1) is 5.92 Å². The first-order chi connectivity index (χ1) is 16.4. The van der Waals surface area contributed by atoms with Crippen LogP contribution in [0.5, 0.6) is 0 Å². The molecule has 2 aromatic rings. The van der Waals surface area contributed by atoms with Crippen LogP contribution in [0.15, 0.2) is 82.4 Å². The summed E-state index contributed by atoms with van der Waals surface area (Å²) < 4.78 is 29.0. The number of allylic oxidation sites excluding steroid dienone is 1. The molecule has 0 unspecified atom stereocenters. The summed E-state index contributed by atoms with van der Waals surface area (Å²) >= 11 is 0. The number of aliphatic imine (C=N–C) groups is 1. The summed E-state index contributed by atoms with van der Waals surface area (Å²) in [6.07, 6.45) is 5.15. The SMILES string of the molecule is CCN1C=C(C2CCN(CC[C@@H](NS(=O)(=O)c3ccccc3)c3ccccc3)CC2)N=C(C)C1. The number of hydrogen-bond acceptors (Lipinski definition) is 5. The van der Waals surface area contributed by atoms with Crippen molar-refractivity contribution in [2.75, 3.05) is 32.7 Å². The van der Waals surface area contributed by atoms with Crippen LogP contribution in [-0.2, 0) is 10.0 Å². The van der Waals surface area contributed by atoms with E-state index in [0.717, 1.165) is 57.5 Å². The minimum atomic E-state index is -3.59. The van der Waals surface area contributed by atoms with Crippen molar-refractivity contribution in [3.8, 4) is 0 Å². The van der Waals surface area contributed by atoms with Crippen molar-refractivity contribution in [1.29, 1.82) is 0 Å². The molecule has 0 amide bonds. The first-order valence-electron chi connectivity index (χ1n) is 12.3. The van der Waals surface area contributed by atoms with E-state index >= 15 is 0 Å². The highest BCUT2D eigenvalue weighted by atomic mass is 32.2. The van der Waals surface area contributed by atoms with E-state index in [1.807, 2.05) is 36.4 Å². The van der Waals surface area contributed by atoms with E-state index in [9.17, 15) is 8.42 Å². The average molecular weight is 481 g/mol. The summed E-state index contributed by atoms with van der Waals surface area (Å²) in [5, 5.41) is 0. The van der Waals surface area contributed by atoms with E-state index in [4.69, 9.17) is 4.99 Å². The second-order valence-corrected chi connectivity index (χ2v) is 11.0. The van der Waals surface area contributed by atoms with Gasteiger partial charge in [-0.1, -0.05) is 48.5 Å². The fourth-order valence-electron chi connectivity index (χ4n) is 4.81. The molecule has 2 aliphatic rings. The highest BCUT2D eigenvalue weighted by Crippen LogP contribution is 2.29. The maximum Gasteiger partial charge on any atom is 0.241 e. The van der Waals surface area contributed by atoms with Crippen LogP contribution in [-0.4, -0.2) is 56.7 Å². The molecule has 7 heteroatoms. The molecule has 182 valence electrons. The Morgan fingerprint density at radius 2 is 1.68 bits per heavy atom. The van der Waals surface area contributed by atoms with Crippen LogP contribution < -0.4 is 4.72 Å². The smallest absolute Gasteiger partial charge is 0.241 e. The number of nitrogens with one attached hydrogen (secondary N) is 1. The van der Waals surface area contributed by atoms with Gasteiger partial charge in [0.15, 0.2) is 0 Å². The lowest BCUT2D eigenvalue weighted by Crippen LogP contribution is -2.38. The van der Waals surface area contributed by atoms with Gasteiger partial charge in [-0.15, -0.1) is 0 Å². The Bertz CT molecular complexity index is 1090. The standard InChI is InChI=1S/C27H36N4O2S/c1-3-30-20-22(2)28-27(21-30)24-14-17-31(18-15-24)19-16-26(23-10-6-4-7-11-23)29-34(32,33)25-12-8-5-9-13-25/h4-13,21,24,26,29H,3,14-20H2,1-2H3/t26-/m1/s1. The number of nitrogens with zero attached hydrogens (tertiary/aromatic N) is 3. The van der Waals surface area contributed by atoms with Gasteiger partial charge in [-0.05, 0) is 70.4 Å². The summed E-state index contributed by atoms with van der Waals surface area (Å²) in [4.78, 5) is 9.95. The van der Waals surface area contributed by atoms with Crippen molar-refractivity contribution in [1.82, 2.24) is 14.5 Å². The predicted molar refractivity (Wildman–Crippen MR) is 138 cm³/mol. The third-order valence-corrected chi connectivity index (χ3v) is 8.25. The Morgan fingerprint density at radius 3 is 2.32 bits per heavy atom. The Labute approximate surface area is 204 Å². The Kier molecular flexibility index (Phi) is 8.19. The predicted octanol–water partition coefficient (Wildman–Crippen LogP) is 4.45. The van der Waals surface area contributed by atoms with Crippen molar-refractivity contribution in [3.63, 3.8) is 0 Å². The van der Waals surface area contributed by atoms with Gasteiger partial charge in [0.1, 0.15) is 0 Å². The van der Waals surface area contributed by atoms with E-state index < -0.39 is 10.0 Å². The Hall–Kier alpha value is -2.48. The third-order valence-electron chi connectivity index (χ3n) is 6.77. The van der Waals surface area contributed by atoms with E-state index in [1.165, 1.54) is 11.4 Å². The van der Waals surface area contributed by atoms with Gasteiger partial charge < -0.3 is 9.80 Å². The zero-order valence-corrected chi connectivity index (χ0v) is 21.0.